The highest BCUT2D eigenvalue weighted by atomic mass is 35.5. The quantitative estimate of drug-likeness (QED) is 0.271. The summed E-state index contributed by atoms with van der Waals surface area (Å²) in [5.74, 6) is 0.0168. The van der Waals surface area contributed by atoms with Crippen LogP contribution in [0.4, 0.5) is 17.6 Å². The highest BCUT2D eigenvalue weighted by Crippen LogP contribution is 2.38. The molecule has 0 atom stereocenters. The zero-order valence-corrected chi connectivity index (χ0v) is 17.6. The summed E-state index contributed by atoms with van der Waals surface area (Å²) < 4.78 is 60.3. The molecule has 0 unspecified atom stereocenters. The average Bonchev–Trinajstić information content (AvgIpc) is 3.10. The van der Waals surface area contributed by atoms with Crippen LogP contribution in [0, 0.1) is 0 Å². The molecule has 0 saturated carbocycles. The van der Waals surface area contributed by atoms with Gasteiger partial charge in [-0.3, -0.25) is 9.67 Å². The lowest BCUT2D eigenvalue weighted by atomic mass is 10.1. The third kappa shape index (κ3) is 5.43. The second-order valence-corrected chi connectivity index (χ2v) is 7.17. The Balaban J connectivity index is 1.74. The fraction of sp³-hybridized carbons (Fsp3) is 0.130. The molecular weight excluding hydrogens is 462 g/mol. The van der Waals surface area contributed by atoms with Gasteiger partial charge in [0.2, 0.25) is 0 Å². The molecule has 2 aromatic heterocycles. The van der Waals surface area contributed by atoms with Gasteiger partial charge in [0, 0.05) is 17.3 Å². The molecule has 0 aliphatic rings. The molecule has 0 fully saturated rings. The number of pyridine rings is 1. The van der Waals surface area contributed by atoms with Gasteiger partial charge < -0.3 is 9.47 Å². The smallest absolute Gasteiger partial charge is 0.387 e. The maximum atomic E-state index is 12.5. The van der Waals surface area contributed by atoms with E-state index in [0.29, 0.717) is 27.5 Å². The Labute approximate surface area is 191 Å². The first-order chi connectivity index (χ1) is 15.9. The normalized spacial score (nSPS) is 11.2. The molecule has 4 aromatic rings. The van der Waals surface area contributed by atoms with Gasteiger partial charge in [0.15, 0.2) is 0 Å². The molecule has 5 nitrogen and oxygen atoms in total. The maximum Gasteiger partial charge on any atom is 0.387 e. The number of halogens is 5. The first-order valence-electron chi connectivity index (χ1n) is 9.67. The molecule has 0 N–H and O–H groups in total. The molecule has 0 amide bonds. The highest BCUT2D eigenvalue weighted by Gasteiger charge is 2.20. The molecule has 0 saturated heterocycles. The van der Waals surface area contributed by atoms with Gasteiger partial charge in [-0.05, 0) is 60.7 Å². The fourth-order valence-electron chi connectivity index (χ4n) is 3.25. The summed E-state index contributed by atoms with van der Waals surface area (Å²) in [4.78, 5) is 4.31. The van der Waals surface area contributed by atoms with E-state index in [1.165, 1.54) is 24.3 Å². The number of hydrogen-bond acceptors (Lipinski definition) is 4. The van der Waals surface area contributed by atoms with Crippen LogP contribution < -0.4 is 9.47 Å². The van der Waals surface area contributed by atoms with Crippen LogP contribution in [0.1, 0.15) is 5.69 Å². The minimum Gasteiger partial charge on any atom is -0.435 e. The van der Waals surface area contributed by atoms with Gasteiger partial charge in [-0.2, -0.15) is 22.7 Å². The number of rotatable bonds is 8. The Hall–Kier alpha value is -3.59. The fourth-order valence-corrected chi connectivity index (χ4v) is 3.60. The first kappa shape index (κ1) is 22.6. The third-order valence-corrected chi connectivity index (χ3v) is 5.00. The van der Waals surface area contributed by atoms with Crippen molar-refractivity contribution in [1.29, 1.82) is 0 Å². The van der Waals surface area contributed by atoms with E-state index in [-0.39, 0.29) is 18.0 Å². The molecule has 2 aromatic carbocycles. The lowest BCUT2D eigenvalue weighted by Gasteiger charge is -2.09. The minimum absolute atomic E-state index is 0.00707. The summed E-state index contributed by atoms with van der Waals surface area (Å²) in [6.45, 7) is -5.57. The van der Waals surface area contributed by atoms with Gasteiger partial charge in [0.1, 0.15) is 17.2 Å². The molecule has 10 heteroatoms. The van der Waals surface area contributed by atoms with Crippen molar-refractivity contribution in [3.63, 3.8) is 0 Å². The van der Waals surface area contributed by atoms with E-state index in [4.69, 9.17) is 11.6 Å². The van der Waals surface area contributed by atoms with Crippen LogP contribution >= 0.6 is 11.6 Å². The standard InChI is InChI=1S/C23H16ClF4N3O2/c24-19-20(14-4-8-17(9-5-14)32-22(25)26)30-31(13-16-3-1-2-12-29-16)21(19)15-6-10-18(11-7-15)33-23(27)28/h1-12,22-23H,13H2. The molecular formula is C23H16ClF4N3O2. The summed E-state index contributed by atoms with van der Waals surface area (Å²) in [5, 5.41) is 4.92. The number of benzene rings is 2. The highest BCUT2D eigenvalue weighted by molar-refractivity contribution is 6.35. The predicted molar refractivity (Wildman–Crippen MR) is 115 cm³/mol. The number of hydrogen-bond donors (Lipinski definition) is 0. The zero-order valence-electron chi connectivity index (χ0n) is 16.8. The van der Waals surface area contributed by atoms with Crippen molar-refractivity contribution in [2.45, 2.75) is 19.8 Å². The van der Waals surface area contributed by atoms with Crippen molar-refractivity contribution in [3.8, 4) is 34.0 Å². The molecule has 0 spiro atoms. The van der Waals surface area contributed by atoms with E-state index in [0.717, 1.165) is 5.69 Å². The maximum absolute atomic E-state index is 12.5. The minimum atomic E-state index is -2.93. The average molecular weight is 478 g/mol. The van der Waals surface area contributed by atoms with E-state index >= 15 is 0 Å². The molecule has 33 heavy (non-hydrogen) atoms. The number of aromatic nitrogens is 3. The van der Waals surface area contributed by atoms with Crippen LogP contribution in [0.25, 0.3) is 22.5 Å². The SMILES string of the molecule is FC(F)Oc1ccc(-c2nn(Cc3ccccn3)c(-c3ccc(OC(F)F)cc3)c2Cl)cc1. The second kappa shape index (κ2) is 9.91. The molecule has 0 aliphatic carbocycles. The van der Waals surface area contributed by atoms with Crippen LogP contribution in [0.5, 0.6) is 11.5 Å². The zero-order chi connectivity index (χ0) is 23.4. The summed E-state index contributed by atoms with van der Waals surface area (Å²) in [6, 6.07) is 17.4. The van der Waals surface area contributed by atoms with Crippen molar-refractivity contribution < 1.29 is 27.0 Å². The van der Waals surface area contributed by atoms with E-state index < -0.39 is 13.2 Å². The molecule has 0 aliphatic heterocycles. The lowest BCUT2D eigenvalue weighted by Crippen LogP contribution is -2.06. The summed E-state index contributed by atoms with van der Waals surface area (Å²) >= 11 is 6.71. The van der Waals surface area contributed by atoms with Crippen LogP contribution in [-0.4, -0.2) is 28.0 Å². The number of alkyl halides is 4. The summed E-state index contributed by atoms with van der Waals surface area (Å²) in [5.41, 5.74) is 2.88. The monoisotopic (exact) mass is 477 g/mol. The second-order valence-electron chi connectivity index (χ2n) is 6.80. The van der Waals surface area contributed by atoms with Crippen LogP contribution in [0.15, 0.2) is 72.9 Å². The Kier molecular flexibility index (Phi) is 6.79. The first-order valence-corrected chi connectivity index (χ1v) is 10.0. The third-order valence-electron chi connectivity index (χ3n) is 4.64. The van der Waals surface area contributed by atoms with E-state index in [1.807, 2.05) is 12.1 Å². The van der Waals surface area contributed by atoms with Crippen molar-refractivity contribution in [1.82, 2.24) is 14.8 Å². The van der Waals surface area contributed by atoms with Gasteiger partial charge in [0.05, 0.1) is 23.0 Å². The Bertz CT molecular complexity index is 1200. The predicted octanol–water partition coefficient (Wildman–Crippen LogP) is 6.52. The van der Waals surface area contributed by atoms with Crippen molar-refractivity contribution >= 4 is 11.6 Å². The van der Waals surface area contributed by atoms with Crippen LogP contribution in [0.3, 0.4) is 0 Å². The molecule has 2 heterocycles. The van der Waals surface area contributed by atoms with Crippen molar-refractivity contribution in [2.75, 3.05) is 0 Å². The Morgan fingerprint density at radius 1 is 0.788 bits per heavy atom. The lowest BCUT2D eigenvalue weighted by molar-refractivity contribution is -0.0505. The Morgan fingerprint density at radius 2 is 1.36 bits per heavy atom. The summed E-state index contributed by atoms with van der Waals surface area (Å²) in [6.07, 6.45) is 1.65. The number of ether oxygens (including phenoxy) is 2. The van der Waals surface area contributed by atoms with Gasteiger partial charge in [0.25, 0.3) is 0 Å². The van der Waals surface area contributed by atoms with E-state index in [2.05, 4.69) is 19.6 Å². The van der Waals surface area contributed by atoms with Crippen molar-refractivity contribution in [2.24, 2.45) is 0 Å². The largest absolute Gasteiger partial charge is 0.435 e. The molecule has 170 valence electrons. The van der Waals surface area contributed by atoms with Gasteiger partial charge >= 0.3 is 13.2 Å². The van der Waals surface area contributed by atoms with Gasteiger partial charge in [-0.15, -0.1) is 0 Å². The van der Waals surface area contributed by atoms with Crippen LogP contribution in [0.2, 0.25) is 5.02 Å². The van der Waals surface area contributed by atoms with Crippen LogP contribution in [-0.2, 0) is 6.54 Å². The van der Waals surface area contributed by atoms with E-state index in [9.17, 15) is 17.6 Å². The Morgan fingerprint density at radius 3 is 1.88 bits per heavy atom. The van der Waals surface area contributed by atoms with E-state index in [1.54, 1.807) is 41.2 Å². The van der Waals surface area contributed by atoms with Gasteiger partial charge in [-0.25, -0.2) is 0 Å². The molecule has 0 bridgehead atoms. The topological polar surface area (TPSA) is 49.2 Å². The molecule has 4 rings (SSSR count). The van der Waals surface area contributed by atoms with Gasteiger partial charge in [-0.1, -0.05) is 17.7 Å². The van der Waals surface area contributed by atoms with Crippen molar-refractivity contribution in [3.05, 3.63) is 83.6 Å². The summed E-state index contributed by atoms with van der Waals surface area (Å²) in [7, 11) is 0. The molecule has 0 radical (unpaired) electrons. The number of nitrogens with zero attached hydrogens (tertiary/aromatic N) is 3.